The van der Waals surface area contributed by atoms with Crippen molar-refractivity contribution in [3.05, 3.63) is 65.7 Å². The van der Waals surface area contributed by atoms with Crippen LogP contribution in [0.1, 0.15) is 11.1 Å². The number of nitrogen functional groups attached to an aromatic ring is 2. The largest absolute Gasteiger partial charge is 0.397 e. The molecule has 26 heavy (non-hydrogen) atoms. The number of nitrogens with two attached hydrogens (primary N) is 2. The van der Waals surface area contributed by atoms with Gasteiger partial charge in [-0.05, 0) is 11.6 Å². The van der Waals surface area contributed by atoms with Crippen LogP contribution in [-0.4, -0.2) is 5.91 Å². The first-order chi connectivity index (χ1) is 12.6. The van der Waals surface area contributed by atoms with Crippen LogP contribution in [0.25, 0.3) is 11.1 Å². The molecule has 126 valence electrons. The number of rotatable bonds is 2. The number of hydrogen-bond donors (Lipinski definition) is 2. The van der Waals surface area contributed by atoms with E-state index in [1.807, 2.05) is 60.7 Å². The van der Waals surface area contributed by atoms with Crippen molar-refractivity contribution in [3.8, 4) is 17.2 Å². The SMILES string of the molecule is N#Cc1c(N)[nH+]c2c(c1N)CC(=O)N2c1ccccc1-c1ccccc1. The first-order valence-electron chi connectivity index (χ1n) is 8.12. The third kappa shape index (κ3) is 2.26. The van der Waals surface area contributed by atoms with Gasteiger partial charge in [-0.25, -0.2) is 4.98 Å². The minimum absolute atomic E-state index is 0.121. The summed E-state index contributed by atoms with van der Waals surface area (Å²) in [6.07, 6.45) is 0.121. The van der Waals surface area contributed by atoms with Gasteiger partial charge in [0.05, 0.1) is 17.7 Å². The van der Waals surface area contributed by atoms with Crippen molar-refractivity contribution in [1.82, 2.24) is 0 Å². The Kier molecular flexibility index (Phi) is 3.55. The van der Waals surface area contributed by atoms with Crippen molar-refractivity contribution >= 4 is 28.9 Å². The number of carbonyl (C=O) groups excluding carboxylic acids is 1. The lowest BCUT2D eigenvalue weighted by atomic mass is 10.0. The number of pyridine rings is 1. The van der Waals surface area contributed by atoms with Gasteiger partial charge in [-0.1, -0.05) is 48.5 Å². The van der Waals surface area contributed by atoms with Gasteiger partial charge in [-0.2, -0.15) is 10.2 Å². The molecule has 1 amide bonds. The molecule has 2 heterocycles. The molecule has 0 fully saturated rings. The van der Waals surface area contributed by atoms with Gasteiger partial charge in [0.15, 0.2) is 0 Å². The number of hydrogen-bond acceptors (Lipinski definition) is 4. The number of fused-ring (bicyclic) bond motifs is 1. The number of carbonyl (C=O) groups is 1. The quantitative estimate of drug-likeness (QED) is 0.745. The standard InChI is InChI=1S/C20H15N5O/c21-11-15-18(22)14-10-17(26)25(20(14)24-19(15)23)16-9-5-4-8-13(16)12-6-2-1-3-7-12/h1-9H,10H2,(H4,22,23,24)/p+1. The van der Waals surface area contributed by atoms with E-state index in [1.165, 1.54) is 0 Å². The predicted molar refractivity (Wildman–Crippen MR) is 99.3 cm³/mol. The lowest BCUT2D eigenvalue weighted by Gasteiger charge is -2.16. The van der Waals surface area contributed by atoms with Crippen LogP contribution in [0.2, 0.25) is 0 Å². The van der Waals surface area contributed by atoms with Gasteiger partial charge in [0.1, 0.15) is 17.3 Å². The summed E-state index contributed by atoms with van der Waals surface area (Å²) in [5.41, 5.74) is 15.7. The summed E-state index contributed by atoms with van der Waals surface area (Å²) in [6, 6.07) is 19.5. The normalized spacial score (nSPS) is 12.7. The number of benzene rings is 2. The number of aromatic amines is 1. The van der Waals surface area contributed by atoms with Crippen LogP contribution in [0, 0.1) is 11.3 Å². The van der Waals surface area contributed by atoms with Crippen LogP contribution in [-0.2, 0) is 11.2 Å². The second-order valence-electron chi connectivity index (χ2n) is 6.06. The van der Waals surface area contributed by atoms with Crippen molar-refractivity contribution in [2.75, 3.05) is 16.4 Å². The zero-order valence-corrected chi connectivity index (χ0v) is 13.9. The number of nitrogens with one attached hydrogen (secondary N) is 1. The molecular weight excluding hydrogens is 326 g/mol. The highest BCUT2D eigenvalue weighted by molar-refractivity contribution is 6.09. The van der Waals surface area contributed by atoms with Crippen molar-refractivity contribution in [1.29, 1.82) is 5.26 Å². The molecule has 0 bridgehead atoms. The minimum Gasteiger partial charge on any atom is -0.397 e. The highest BCUT2D eigenvalue weighted by atomic mass is 16.2. The highest BCUT2D eigenvalue weighted by Crippen LogP contribution is 2.41. The van der Waals surface area contributed by atoms with Crippen molar-refractivity contribution in [2.24, 2.45) is 0 Å². The number of H-pyrrole nitrogens is 1. The lowest BCUT2D eigenvalue weighted by molar-refractivity contribution is -0.344. The lowest BCUT2D eigenvalue weighted by Crippen LogP contribution is -2.28. The molecule has 1 aromatic heterocycles. The van der Waals surface area contributed by atoms with E-state index in [-0.39, 0.29) is 29.4 Å². The topological polar surface area (TPSA) is 110 Å². The van der Waals surface area contributed by atoms with Crippen molar-refractivity contribution < 1.29 is 9.78 Å². The van der Waals surface area contributed by atoms with Gasteiger partial charge in [-0.15, -0.1) is 0 Å². The third-order valence-corrected chi connectivity index (χ3v) is 4.55. The molecule has 5 N–H and O–H groups in total. The highest BCUT2D eigenvalue weighted by Gasteiger charge is 2.39. The molecule has 0 saturated carbocycles. The Bertz CT molecular complexity index is 1070. The van der Waals surface area contributed by atoms with Gasteiger partial charge >= 0.3 is 0 Å². The molecule has 0 spiro atoms. The summed E-state index contributed by atoms with van der Waals surface area (Å²) in [7, 11) is 0. The van der Waals surface area contributed by atoms with E-state index < -0.39 is 0 Å². The van der Waals surface area contributed by atoms with Gasteiger partial charge < -0.3 is 11.5 Å². The minimum atomic E-state index is -0.124. The molecule has 0 saturated heterocycles. The summed E-state index contributed by atoms with van der Waals surface area (Å²) >= 11 is 0. The van der Waals surface area contributed by atoms with Crippen LogP contribution < -0.4 is 21.4 Å². The molecule has 0 radical (unpaired) electrons. The van der Waals surface area contributed by atoms with Gasteiger partial charge in [0, 0.05) is 5.56 Å². The summed E-state index contributed by atoms with van der Waals surface area (Å²) < 4.78 is 0. The summed E-state index contributed by atoms with van der Waals surface area (Å²) in [4.78, 5) is 17.4. The molecule has 1 aliphatic heterocycles. The first kappa shape index (κ1) is 15.7. The summed E-state index contributed by atoms with van der Waals surface area (Å²) in [5.74, 6) is 0.550. The molecule has 6 nitrogen and oxygen atoms in total. The fourth-order valence-electron chi connectivity index (χ4n) is 3.32. The first-order valence-corrected chi connectivity index (χ1v) is 8.12. The number of aromatic nitrogens is 1. The van der Waals surface area contributed by atoms with E-state index in [1.54, 1.807) is 4.90 Å². The van der Waals surface area contributed by atoms with Crippen LogP contribution in [0.15, 0.2) is 54.6 Å². The molecule has 0 unspecified atom stereocenters. The van der Waals surface area contributed by atoms with Gasteiger partial charge in [0.2, 0.25) is 11.6 Å². The molecule has 1 aliphatic rings. The van der Waals surface area contributed by atoms with E-state index in [4.69, 9.17) is 11.5 Å². The average Bonchev–Trinajstić information content (AvgIpc) is 2.99. The predicted octanol–water partition coefficient (Wildman–Crippen LogP) is 2.42. The van der Waals surface area contributed by atoms with Crippen LogP contribution in [0.3, 0.4) is 0 Å². The Hall–Kier alpha value is -3.85. The van der Waals surface area contributed by atoms with Crippen LogP contribution in [0.4, 0.5) is 23.0 Å². The Morgan fingerprint density at radius 1 is 1.04 bits per heavy atom. The van der Waals surface area contributed by atoms with E-state index in [0.29, 0.717) is 11.4 Å². The number of para-hydroxylation sites is 1. The molecular formula is C20H16N5O+. The summed E-state index contributed by atoms with van der Waals surface area (Å²) in [6.45, 7) is 0. The Morgan fingerprint density at radius 2 is 1.73 bits per heavy atom. The Balaban J connectivity index is 1.93. The van der Waals surface area contributed by atoms with E-state index in [0.717, 1.165) is 16.8 Å². The van der Waals surface area contributed by atoms with E-state index in [2.05, 4.69) is 4.98 Å². The van der Waals surface area contributed by atoms with E-state index >= 15 is 0 Å². The van der Waals surface area contributed by atoms with E-state index in [9.17, 15) is 10.1 Å². The summed E-state index contributed by atoms with van der Waals surface area (Å²) in [5, 5.41) is 9.24. The van der Waals surface area contributed by atoms with Crippen molar-refractivity contribution in [3.63, 3.8) is 0 Å². The van der Waals surface area contributed by atoms with Gasteiger partial charge in [0.25, 0.3) is 5.91 Å². The number of amides is 1. The number of nitrogens with zero attached hydrogens (tertiary/aromatic N) is 2. The number of anilines is 4. The molecule has 6 heteroatoms. The fourth-order valence-corrected chi connectivity index (χ4v) is 3.32. The average molecular weight is 342 g/mol. The maximum atomic E-state index is 12.8. The van der Waals surface area contributed by atoms with Crippen LogP contribution >= 0.6 is 0 Å². The Labute approximate surface area is 150 Å². The monoisotopic (exact) mass is 342 g/mol. The second-order valence-corrected chi connectivity index (χ2v) is 6.06. The zero-order valence-electron chi connectivity index (χ0n) is 13.9. The fraction of sp³-hybridized carbons (Fsp3) is 0.0500. The molecule has 2 aromatic carbocycles. The van der Waals surface area contributed by atoms with Gasteiger partial charge in [-0.3, -0.25) is 4.79 Å². The van der Waals surface area contributed by atoms with Crippen LogP contribution in [0.5, 0.6) is 0 Å². The maximum Gasteiger partial charge on any atom is 0.292 e. The molecule has 0 atom stereocenters. The Morgan fingerprint density at radius 3 is 2.46 bits per heavy atom. The molecule has 3 aromatic rings. The second kappa shape index (κ2) is 5.90. The van der Waals surface area contributed by atoms with Crippen molar-refractivity contribution in [2.45, 2.75) is 6.42 Å². The molecule has 4 rings (SSSR count). The molecule has 0 aliphatic carbocycles. The third-order valence-electron chi connectivity index (χ3n) is 4.55. The maximum absolute atomic E-state index is 12.8. The number of nitriles is 1. The zero-order chi connectivity index (χ0) is 18.3. The smallest absolute Gasteiger partial charge is 0.292 e.